The summed E-state index contributed by atoms with van der Waals surface area (Å²) in [5, 5.41) is 13.2. The minimum atomic E-state index is -4.45. The minimum Gasteiger partial charge on any atom is -0.467 e. The van der Waals surface area contributed by atoms with Gasteiger partial charge in [0, 0.05) is 31.6 Å². The number of rotatable bonds is 10. The first-order valence-corrected chi connectivity index (χ1v) is 17.8. The van der Waals surface area contributed by atoms with Gasteiger partial charge in [-0.3, -0.25) is 29.8 Å². The molecule has 2 amide bonds. The molecule has 22 heteroatoms. The van der Waals surface area contributed by atoms with E-state index in [2.05, 4.69) is 20.3 Å². The number of ketones is 3. The van der Waals surface area contributed by atoms with E-state index in [1.807, 2.05) is 0 Å². The maximum absolute atomic E-state index is 12.5. The fourth-order valence-corrected chi connectivity index (χ4v) is 6.43. The molecule has 0 saturated heterocycles. The van der Waals surface area contributed by atoms with Crippen LogP contribution in [0.4, 0.5) is 29.6 Å². The van der Waals surface area contributed by atoms with Crippen LogP contribution >= 0.6 is 0 Å². The Kier molecular flexibility index (Phi) is 12.6. The number of nitro groups is 1. The number of carbonyl (C=O) groups is 4. The highest BCUT2D eigenvalue weighted by molar-refractivity contribution is 7.90. The largest absolute Gasteiger partial charge is 0.467 e. The molecule has 0 aliphatic heterocycles. The Morgan fingerprint density at radius 2 is 1.65 bits per heavy atom. The summed E-state index contributed by atoms with van der Waals surface area (Å²) in [6.45, 7) is 1.50. The molecule has 1 aliphatic rings. The third kappa shape index (κ3) is 11.1. The van der Waals surface area contributed by atoms with Gasteiger partial charge in [-0.25, -0.2) is 26.4 Å². The molecule has 17 nitrogen and oxygen atoms in total. The van der Waals surface area contributed by atoms with E-state index in [-0.39, 0.29) is 41.1 Å². The lowest BCUT2D eigenvalue weighted by Crippen LogP contribution is -2.35. The summed E-state index contributed by atoms with van der Waals surface area (Å²) < 4.78 is 91.7. The summed E-state index contributed by atoms with van der Waals surface area (Å²) in [7, 11) is -6.84. The van der Waals surface area contributed by atoms with Gasteiger partial charge in [0.1, 0.15) is 11.7 Å². The first-order chi connectivity index (χ1) is 23.6. The zero-order valence-corrected chi connectivity index (χ0v) is 28.5. The number of nitro benzene ring substituents is 1. The van der Waals surface area contributed by atoms with E-state index in [0.29, 0.717) is 6.42 Å². The van der Waals surface area contributed by atoms with Crippen LogP contribution in [0.15, 0.2) is 52.3 Å². The molecule has 0 radical (unpaired) electrons. The molecule has 51 heavy (non-hydrogen) atoms. The molecule has 1 aromatic heterocycles. The monoisotopic (exact) mass is 758 g/mol. The Hall–Kier alpha value is -5.38. The SMILES string of the molecule is COc1nc(C)nc(NC(=O)NS(=O)(=O)c2ccccc2CCC(F)(F)F)n1.CS(=O)(=O)c1ccc(C(=O)C2C(=O)CCCC2=O)c([N+](=O)[O-])c1. The van der Waals surface area contributed by atoms with E-state index in [0.717, 1.165) is 30.5 Å². The molecule has 1 saturated carbocycles. The van der Waals surface area contributed by atoms with Crippen LogP contribution in [-0.4, -0.2) is 79.6 Å². The zero-order valence-electron chi connectivity index (χ0n) is 26.9. The average molecular weight is 759 g/mol. The summed E-state index contributed by atoms with van der Waals surface area (Å²) in [4.78, 5) is 68.9. The van der Waals surface area contributed by atoms with Crippen molar-refractivity contribution in [3.05, 3.63) is 69.5 Å². The number of amides is 2. The summed E-state index contributed by atoms with van der Waals surface area (Å²) in [6.07, 6.45) is -4.83. The fourth-order valence-electron chi connectivity index (χ4n) is 4.61. The predicted octanol–water partition coefficient (Wildman–Crippen LogP) is 3.31. The van der Waals surface area contributed by atoms with Gasteiger partial charge in [-0.05, 0) is 43.5 Å². The average Bonchev–Trinajstić information content (AvgIpc) is 3.02. The molecule has 4 rings (SSSR count). The molecule has 3 aromatic rings. The lowest BCUT2D eigenvalue weighted by Gasteiger charge is -2.18. The van der Waals surface area contributed by atoms with E-state index in [1.54, 1.807) is 4.72 Å². The number of urea groups is 1. The highest BCUT2D eigenvalue weighted by Gasteiger charge is 2.39. The maximum atomic E-state index is 12.5. The number of methoxy groups -OCH3 is 1. The van der Waals surface area contributed by atoms with E-state index in [9.17, 15) is 59.3 Å². The van der Waals surface area contributed by atoms with E-state index < -0.39 is 89.2 Å². The van der Waals surface area contributed by atoms with Crippen molar-refractivity contribution in [2.24, 2.45) is 5.92 Å². The summed E-state index contributed by atoms with van der Waals surface area (Å²) in [6, 6.07) is 6.60. The smallest absolute Gasteiger partial charge is 0.389 e. The molecular formula is C29H29F3N6O11S2. The normalized spacial score (nSPS) is 13.8. The topological polar surface area (TPSA) is 252 Å². The van der Waals surface area contributed by atoms with Crippen molar-refractivity contribution in [1.82, 2.24) is 19.7 Å². The molecule has 1 heterocycles. The van der Waals surface area contributed by atoms with Gasteiger partial charge in [0.05, 0.1) is 27.4 Å². The van der Waals surface area contributed by atoms with Crippen LogP contribution in [0.25, 0.3) is 0 Å². The summed E-state index contributed by atoms with van der Waals surface area (Å²) >= 11 is 0. The number of nitrogens with zero attached hydrogens (tertiary/aromatic N) is 4. The molecule has 274 valence electrons. The molecular weight excluding hydrogens is 729 g/mol. The van der Waals surface area contributed by atoms with Gasteiger partial charge in [-0.15, -0.1) is 0 Å². The van der Waals surface area contributed by atoms with Crippen molar-refractivity contribution in [2.75, 3.05) is 18.7 Å². The van der Waals surface area contributed by atoms with E-state index >= 15 is 0 Å². The molecule has 2 aromatic carbocycles. The van der Waals surface area contributed by atoms with Gasteiger partial charge in [0.15, 0.2) is 27.2 Å². The van der Waals surface area contributed by atoms with Gasteiger partial charge in [0.25, 0.3) is 15.7 Å². The first kappa shape index (κ1) is 40.1. The van der Waals surface area contributed by atoms with Crippen LogP contribution in [-0.2, 0) is 35.9 Å². The predicted molar refractivity (Wildman–Crippen MR) is 169 cm³/mol. The molecule has 0 unspecified atom stereocenters. The number of alkyl halides is 3. The number of aryl methyl sites for hydroxylation is 2. The van der Waals surface area contributed by atoms with E-state index in [1.165, 1.54) is 32.2 Å². The second kappa shape index (κ2) is 16.1. The molecule has 0 bridgehead atoms. The van der Waals surface area contributed by atoms with Crippen molar-refractivity contribution in [1.29, 1.82) is 0 Å². The molecule has 1 aliphatic carbocycles. The van der Waals surface area contributed by atoms with Crippen LogP contribution in [0.1, 0.15) is 47.4 Å². The second-order valence-electron chi connectivity index (χ2n) is 10.8. The van der Waals surface area contributed by atoms with Crippen LogP contribution in [0.3, 0.4) is 0 Å². The third-order valence-corrected chi connectivity index (χ3v) is 9.46. The number of hydrogen-bond acceptors (Lipinski definition) is 14. The Balaban J connectivity index is 0.000000281. The number of sulfone groups is 1. The minimum absolute atomic E-state index is 0.0668. The first-order valence-electron chi connectivity index (χ1n) is 14.5. The highest BCUT2D eigenvalue weighted by Crippen LogP contribution is 2.29. The number of halogens is 3. The lowest BCUT2D eigenvalue weighted by molar-refractivity contribution is -0.385. The Morgan fingerprint density at radius 3 is 2.22 bits per heavy atom. The van der Waals surface area contributed by atoms with Crippen molar-refractivity contribution in [3.8, 4) is 6.01 Å². The maximum Gasteiger partial charge on any atom is 0.389 e. The number of hydrogen-bond donors (Lipinski definition) is 2. The quantitative estimate of drug-likeness (QED) is 0.130. The Morgan fingerprint density at radius 1 is 1.02 bits per heavy atom. The zero-order chi connectivity index (χ0) is 38.3. The summed E-state index contributed by atoms with van der Waals surface area (Å²) in [5.74, 6) is -3.66. The number of nitrogens with one attached hydrogen (secondary N) is 2. The second-order valence-corrected chi connectivity index (χ2v) is 14.4. The number of benzene rings is 2. The number of anilines is 1. The van der Waals surface area contributed by atoms with Crippen LogP contribution < -0.4 is 14.8 Å². The Bertz CT molecular complexity index is 2080. The number of ether oxygens (including phenoxy) is 1. The number of Topliss-reactive ketones (excluding diaryl/α,β-unsaturated/α-hetero) is 3. The summed E-state index contributed by atoms with van der Waals surface area (Å²) in [5.41, 5.74) is -1.24. The van der Waals surface area contributed by atoms with Crippen LogP contribution in [0.2, 0.25) is 0 Å². The van der Waals surface area contributed by atoms with E-state index in [4.69, 9.17) is 4.74 Å². The molecule has 0 spiro atoms. The van der Waals surface area contributed by atoms with Gasteiger partial charge >= 0.3 is 18.2 Å². The van der Waals surface area contributed by atoms with Crippen molar-refractivity contribution >= 4 is 54.9 Å². The number of carbonyl (C=O) groups excluding carboxylic acids is 4. The Labute approximate surface area is 288 Å². The van der Waals surface area contributed by atoms with Crippen molar-refractivity contribution < 1.29 is 58.8 Å². The van der Waals surface area contributed by atoms with Gasteiger partial charge < -0.3 is 4.74 Å². The van der Waals surface area contributed by atoms with Gasteiger partial charge in [-0.2, -0.15) is 28.1 Å². The fraction of sp³-hybridized carbons (Fsp3) is 0.345. The standard InChI is InChI=1S/C15H16F3N5O4S.C14H13NO7S/c1-9-19-12(22-14(20-9)27-2)21-13(24)23-28(25,26)11-6-4-3-5-10(11)7-8-15(16,17)18;1-23(21,22)8-5-6-9(10(7-8)15(19)20)14(18)13-11(16)3-2-4-12(13)17/h3-6H,7-8H2,1-2H3,(H2,19,20,21,22,23,24);5-7,13H,2-4H2,1H3. The van der Waals surface area contributed by atoms with Crippen LogP contribution in [0.5, 0.6) is 6.01 Å². The lowest BCUT2D eigenvalue weighted by atomic mass is 9.81. The highest BCUT2D eigenvalue weighted by atomic mass is 32.2. The van der Waals surface area contributed by atoms with Gasteiger partial charge in [0.2, 0.25) is 5.95 Å². The molecule has 2 N–H and O–H groups in total. The van der Waals surface area contributed by atoms with Crippen molar-refractivity contribution in [3.63, 3.8) is 0 Å². The van der Waals surface area contributed by atoms with Gasteiger partial charge in [-0.1, -0.05) is 18.2 Å². The third-order valence-electron chi connectivity index (χ3n) is 6.91. The van der Waals surface area contributed by atoms with Crippen LogP contribution in [0, 0.1) is 23.0 Å². The molecule has 1 fully saturated rings. The molecule has 0 atom stereocenters. The number of sulfonamides is 1. The number of aromatic nitrogens is 3. The van der Waals surface area contributed by atoms with Crippen molar-refractivity contribution in [2.45, 2.75) is 55.0 Å².